The number of aromatic nitrogens is 1. The van der Waals surface area contributed by atoms with Crippen molar-refractivity contribution >= 4 is 11.8 Å². The maximum Gasteiger partial charge on any atom is 0.257 e. The second-order valence-corrected chi connectivity index (χ2v) is 8.85. The molecule has 0 radical (unpaired) electrons. The number of nitrogens with one attached hydrogen (secondary N) is 1. The molecular weight excluding hydrogens is 394 g/mol. The molecule has 7 heteroatoms. The summed E-state index contributed by atoms with van der Waals surface area (Å²) in [4.78, 5) is 30.7. The molecule has 4 rings (SSSR count). The van der Waals surface area contributed by atoms with E-state index in [9.17, 15) is 9.59 Å². The van der Waals surface area contributed by atoms with Crippen LogP contribution in [0.5, 0.6) is 11.5 Å². The number of hydrogen-bond donors (Lipinski definition) is 1. The van der Waals surface area contributed by atoms with Crippen LogP contribution in [-0.4, -0.2) is 53.5 Å². The van der Waals surface area contributed by atoms with Crippen molar-refractivity contribution in [3.8, 4) is 11.5 Å². The van der Waals surface area contributed by atoms with Gasteiger partial charge in [0, 0.05) is 44.0 Å². The van der Waals surface area contributed by atoms with E-state index in [1.807, 2.05) is 36.9 Å². The molecule has 1 aromatic heterocycles. The van der Waals surface area contributed by atoms with Crippen LogP contribution in [0.15, 0.2) is 42.7 Å². The molecule has 1 saturated heterocycles. The lowest BCUT2D eigenvalue weighted by atomic mass is 9.96. The molecule has 2 amide bonds. The van der Waals surface area contributed by atoms with Gasteiger partial charge in [-0.25, -0.2) is 0 Å². The van der Waals surface area contributed by atoms with E-state index in [0.717, 1.165) is 30.6 Å². The molecule has 1 N–H and O–H groups in total. The van der Waals surface area contributed by atoms with Crippen LogP contribution >= 0.6 is 0 Å². The number of hydrogen-bond acceptors (Lipinski definition) is 5. The van der Waals surface area contributed by atoms with E-state index in [4.69, 9.17) is 9.47 Å². The van der Waals surface area contributed by atoms with Gasteiger partial charge in [-0.05, 0) is 50.8 Å². The molecule has 164 valence electrons. The lowest BCUT2D eigenvalue weighted by molar-refractivity contribution is -0.123. The summed E-state index contributed by atoms with van der Waals surface area (Å²) in [7, 11) is 0. The number of carbonyl (C=O) groups is 2. The van der Waals surface area contributed by atoms with Crippen LogP contribution in [0.3, 0.4) is 0 Å². The topological polar surface area (TPSA) is 80.8 Å². The molecule has 0 saturated carbocycles. The van der Waals surface area contributed by atoms with Crippen molar-refractivity contribution in [3.05, 3.63) is 53.9 Å². The first-order chi connectivity index (χ1) is 14.9. The van der Waals surface area contributed by atoms with Crippen LogP contribution in [0.1, 0.15) is 42.6 Å². The number of para-hydroxylation sites is 1. The van der Waals surface area contributed by atoms with Gasteiger partial charge in [0.1, 0.15) is 5.60 Å². The number of nitrogens with zero attached hydrogens (tertiary/aromatic N) is 2. The maximum atomic E-state index is 12.5. The van der Waals surface area contributed by atoms with Crippen LogP contribution in [0.4, 0.5) is 0 Å². The fraction of sp³-hybridized carbons (Fsp3) is 0.458. The summed E-state index contributed by atoms with van der Waals surface area (Å²) in [5.41, 5.74) is 1.47. The normalized spacial score (nSPS) is 17.5. The van der Waals surface area contributed by atoms with Gasteiger partial charge in [-0.2, -0.15) is 0 Å². The second-order valence-electron chi connectivity index (χ2n) is 8.85. The van der Waals surface area contributed by atoms with Crippen molar-refractivity contribution in [3.63, 3.8) is 0 Å². The standard InChI is InChI=1S/C24H29N3O4/c1-24(2)13-18-5-3-7-20(22(18)31-24)30-16-21(28)26-14-17-8-11-27(12-9-17)23(29)19-6-4-10-25-15-19/h3-7,10,15,17H,8-9,11-14,16H2,1-2H3,(H,26,28). The average molecular weight is 424 g/mol. The van der Waals surface area contributed by atoms with Gasteiger partial charge in [-0.15, -0.1) is 0 Å². The molecule has 1 aromatic carbocycles. The fourth-order valence-electron chi connectivity index (χ4n) is 4.17. The lowest BCUT2D eigenvalue weighted by Gasteiger charge is -2.32. The summed E-state index contributed by atoms with van der Waals surface area (Å²) in [6, 6.07) is 9.35. The van der Waals surface area contributed by atoms with Gasteiger partial charge in [0.25, 0.3) is 11.8 Å². The molecule has 0 aliphatic carbocycles. The van der Waals surface area contributed by atoms with Gasteiger partial charge in [0.2, 0.25) is 0 Å². The monoisotopic (exact) mass is 423 g/mol. The van der Waals surface area contributed by atoms with E-state index >= 15 is 0 Å². The lowest BCUT2D eigenvalue weighted by Crippen LogP contribution is -2.42. The quantitative estimate of drug-likeness (QED) is 0.773. The molecule has 1 fully saturated rings. The highest BCUT2D eigenvalue weighted by molar-refractivity contribution is 5.93. The van der Waals surface area contributed by atoms with E-state index < -0.39 is 0 Å². The molecule has 2 aliphatic rings. The minimum Gasteiger partial charge on any atom is -0.483 e. The van der Waals surface area contributed by atoms with Crippen LogP contribution in [0.25, 0.3) is 0 Å². The van der Waals surface area contributed by atoms with Crippen LogP contribution in [0, 0.1) is 5.92 Å². The number of amides is 2. The van der Waals surface area contributed by atoms with E-state index in [2.05, 4.69) is 10.3 Å². The van der Waals surface area contributed by atoms with Gasteiger partial charge in [-0.1, -0.05) is 12.1 Å². The first-order valence-electron chi connectivity index (χ1n) is 10.8. The number of piperidine rings is 1. The zero-order valence-electron chi connectivity index (χ0n) is 18.1. The van der Waals surface area contributed by atoms with Gasteiger partial charge >= 0.3 is 0 Å². The van der Waals surface area contributed by atoms with Crippen molar-refractivity contribution in [1.82, 2.24) is 15.2 Å². The van der Waals surface area contributed by atoms with Gasteiger partial charge in [0.15, 0.2) is 18.1 Å². The van der Waals surface area contributed by atoms with Crippen molar-refractivity contribution < 1.29 is 19.1 Å². The molecule has 2 aromatic rings. The fourth-order valence-corrected chi connectivity index (χ4v) is 4.17. The summed E-state index contributed by atoms with van der Waals surface area (Å²) in [6.07, 6.45) is 5.81. The Hall–Kier alpha value is -3.09. The maximum absolute atomic E-state index is 12.5. The Morgan fingerprint density at radius 1 is 1.23 bits per heavy atom. The second kappa shape index (κ2) is 8.96. The third-order valence-corrected chi connectivity index (χ3v) is 5.81. The summed E-state index contributed by atoms with van der Waals surface area (Å²) in [5.74, 6) is 1.58. The van der Waals surface area contributed by atoms with Crippen molar-refractivity contribution in [2.45, 2.75) is 38.7 Å². The summed E-state index contributed by atoms with van der Waals surface area (Å²) in [6.45, 7) is 6.01. The smallest absolute Gasteiger partial charge is 0.257 e. The molecule has 3 heterocycles. The summed E-state index contributed by atoms with van der Waals surface area (Å²) >= 11 is 0. The Balaban J connectivity index is 1.20. The van der Waals surface area contributed by atoms with Crippen molar-refractivity contribution in [1.29, 1.82) is 0 Å². The van der Waals surface area contributed by atoms with Gasteiger partial charge in [-0.3, -0.25) is 14.6 Å². The number of rotatable bonds is 6. The number of benzene rings is 1. The number of likely N-dealkylation sites (tertiary alicyclic amines) is 1. The highest BCUT2D eigenvalue weighted by Gasteiger charge is 2.32. The number of carbonyl (C=O) groups excluding carboxylic acids is 2. The SMILES string of the molecule is CC1(C)Cc2cccc(OCC(=O)NCC3CCN(C(=O)c4cccnc4)CC3)c2O1. The van der Waals surface area contributed by atoms with Crippen LogP contribution in [-0.2, 0) is 11.2 Å². The Labute approximate surface area is 182 Å². The minimum atomic E-state index is -0.253. The summed E-state index contributed by atoms with van der Waals surface area (Å²) in [5, 5.41) is 2.96. The predicted octanol–water partition coefficient (Wildman–Crippen LogP) is 2.84. The van der Waals surface area contributed by atoms with E-state index in [-0.39, 0.29) is 24.0 Å². The van der Waals surface area contributed by atoms with Crippen molar-refractivity contribution in [2.75, 3.05) is 26.2 Å². The molecule has 0 atom stereocenters. The molecular formula is C24H29N3O4. The van der Waals surface area contributed by atoms with E-state index in [1.165, 1.54) is 0 Å². The Bertz CT molecular complexity index is 937. The third kappa shape index (κ3) is 5.16. The average Bonchev–Trinajstić information content (AvgIpc) is 3.11. The molecule has 0 spiro atoms. The predicted molar refractivity (Wildman–Crippen MR) is 116 cm³/mol. The zero-order valence-corrected chi connectivity index (χ0v) is 18.1. The number of fused-ring (bicyclic) bond motifs is 1. The third-order valence-electron chi connectivity index (χ3n) is 5.81. The van der Waals surface area contributed by atoms with Gasteiger partial charge < -0.3 is 19.7 Å². The zero-order chi connectivity index (χ0) is 21.8. The molecule has 2 aliphatic heterocycles. The Morgan fingerprint density at radius 2 is 2.03 bits per heavy atom. The summed E-state index contributed by atoms with van der Waals surface area (Å²) < 4.78 is 11.7. The van der Waals surface area contributed by atoms with Crippen LogP contribution in [0.2, 0.25) is 0 Å². The Morgan fingerprint density at radius 3 is 2.77 bits per heavy atom. The van der Waals surface area contributed by atoms with Crippen LogP contribution < -0.4 is 14.8 Å². The number of ether oxygens (including phenoxy) is 2. The van der Waals surface area contributed by atoms with E-state index in [0.29, 0.717) is 36.9 Å². The minimum absolute atomic E-state index is 0.0183. The van der Waals surface area contributed by atoms with Crippen molar-refractivity contribution in [2.24, 2.45) is 5.92 Å². The van der Waals surface area contributed by atoms with Gasteiger partial charge in [0.05, 0.1) is 5.56 Å². The molecule has 7 nitrogen and oxygen atoms in total. The largest absolute Gasteiger partial charge is 0.483 e. The highest BCUT2D eigenvalue weighted by Crippen LogP contribution is 2.41. The molecule has 0 bridgehead atoms. The van der Waals surface area contributed by atoms with E-state index in [1.54, 1.807) is 24.5 Å². The first kappa shape index (κ1) is 21.2. The molecule has 0 unspecified atom stereocenters. The number of pyridine rings is 1. The first-order valence-corrected chi connectivity index (χ1v) is 10.8. The molecule has 31 heavy (non-hydrogen) atoms. The highest BCUT2D eigenvalue weighted by atomic mass is 16.5. The Kier molecular flexibility index (Phi) is 6.11.